The predicted octanol–water partition coefficient (Wildman–Crippen LogP) is 3.95. The highest BCUT2D eigenvalue weighted by Gasteiger charge is 2.52. The fourth-order valence-electron chi connectivity index (χ4n) is 3.22. The smallest absolute Gasteiger partial charge is 0.258 e. The summed E-state index contributed by atoms with van der Waals surface area (Å²) in [4.78, 5) is 8.38. The average molecular weight is 329 g/mol. The number of nitrogens with zero attached hydrogens (tertiary/aromatic N) is 4. The molecule has 2 aromatic heterocycles. The van der Waals surface area contributed by atoms with Crippen molar-refractivity contribution in [1.29, 1.82) is 0 Å². The van der Waals surface area contributed by atoms with Gasteiger partial charge in [-0.15, -0.1) is 0 Å². The average Bonchev–Trinajstić information content (AvgIpc) is 3.36. The summed E-state index contributed by atoms with van der Waals surface area (Å²) in [6.45, 7) is 9.51. The molecule has 0 radical (unpaired) electrons. The zero-order chi connectivity index (χ0) is 17.6. The largest absolute Gasteiger partial charge is 0.383 e. The van der Waals surface area contributed by atoms with Gasteiger partial charge in [-0.1, -0.05) is 18.2 Å². The van der Waals surface area contributed by atoms with Crippen molar-refractivity contribution in [3.8, 4) is 22.4 Å². The highest BCUT2D eigenvalue weighted by molar-refractivity contribution is 5.73. The quantitative estimate of drug-likeness (QED) is 0.740. The van der Waals surface area contributed by atoms with Crippen LogP contribution in [0, 0.1) is 13.5 Å². The van der Waals surface area contributed by atoms with Crippen LogP contribution >= 0.6 is 0 Å². The molecule has 124 valence electrons. The van der Waals surface area contributed by atoms with Gasteiger partial charge in [0.2, 0.25) is 0 Å². The number of anilines is 1. The first kappa shape index (κ1) is 15.4. The first-order chi connectivity index (χ1) is 12.0. The Kier molecular flexibility index (Phi) is 3.36. The minimum absolute atomic E-state index is 0.261. The van der Waals surface area contributed by atoms with Crippen LogP contribution in [0.5, 0.6) is 0 Å². The van der Waals surface area contributed by atoms with E-state index in [1.54, 1.807) is 10.9 Å². The number of rotatable bonds is 3. The van der Waals surface area contributed by atoms with E-state index in [9.17, 15) is 0 Å². The summed E-state index contributed by atoms with van der Waals surface area (Å²) in [6.07, 6.45) is 5.54. The summed E-state index contributed by atoms with van der Waals surface area (Å²) in [7, 11) is 1.81. The Morgan fingerprint density at radius 3 is 2.48 bits per heavy atom. The SMILES string of the molecule is [C-]#[N+]C1(c2ccc(-c3ccc(-c4cnn(C)c4N)nc3)c(C)c2)CC1. The van der Waals surface area contributed by atoms with Gasteiger partial charge in [-0.3, -0.25) is 9.67 Å². The Morgan fingerprint density at radius 2 is 1.96 bits per heavy atom. The first-order valence-corrected chi connectivity index (χ1v) is 8.28. The highest BCUT2D eigenvalue weighted by Crippen LogP contribution is 2.50. The molecule has 3 aromatic rings. The van der Waals surface area contributed by atoms with Crippen LogP contribution in [0.2, 0.25) is 0 Å². The van der Waals surface area contributed by atoms with Crippen LogP contribution in [-0.4, -0.2) is 14.8 Å². The number of hydrogen-bond acceptors (Lipinski definition) is 3. The van der Waals surface area contributed by atoms with Crippen molar-refractivity contribution in [1.82, 2.24) is 14.8 Å². The topological polar surface area (TPSA) is 61.1 Å². The van der Waals surface area contributed by atoms with Crippen LogP contribution < -0.4 is 5.73 Å². The molecule has 0 unspecified atom stereocenters. The molecule has 1 aliphatic rings. The summed E-state index contributed by atoms with van der Waals surface area (Å²) in [5, 5.41) is 4.16. The molecule has 4 rings (SSSR count). The van der Waals surface area contributed by atoms with Gasteiger partial charge in [-0.2, -0.15) is 5.10 Å². The second-order valence-electron chi connectivity index (χ2n) is 6.67. The minimum atomic E-state index is -0.261. The van der Waals surface area contributed by atoms with Crippen molar-refractivity contribution in [2.24, 2.45) is 7.05 Å². The van der Waals surface area contributed by atoms with Crippen molar-refractivity contribution in [2.75, 3.05) is 5.73 Å². The fourth-order valence-corrected chi connectivity index (χ4v) is 3.22. The maximum absolute atomic E-state index is 7.42. The summed E-state index contributed by atoms with van der Waals surface area (Å²) in [6, 6.07) is 10.4. The van der Waals surface area contributed by atoms with Crippen LogP contribution in [0.3, 0.4) is 0 Å². The number of nitrogen functional groups attached to an aromatic ring is 1. The molecule has 5 heteroatoms. The Hall–Kier alpha value is -3.13. The molecule has 0 atom stereocenters. The third kappa shape index (κ3) is 2.47. The van der Waals surface area contributed by atoms with Gasteiger partial charge in [0.1, 0.15) is 5.82 Å². The summed E-state index contributed by atoms with van der Waals surface area (Å²) >= 11 is 0. The van der Waals surface area contributed by atoms with Crippen LogP contribution in [-0.2, 0) is 12.6 Å². The van der Waals surface area contributed by atoms with Crippen LogP contribution in [0.1, 0.15) is 24.0 Å². The Morgan fingerprint density at radius 1 is 1.16 bits per heavy atom. The molecule has 0 bridgehead atoms. The second-order valence-corrected chi connectivity index (χ2v) is 6.67. The number of pyridine rings is 1. The molecule has 0 spiro atoms. The molecule has 0 aliphatic heterocycles. The maximum Gasteiger partial charge on any atom is 0.258 e. The maximum atomic E-state index is 7.42. The highest BCUT2D eigenvalue weighted by atomic mass is 15.3. The van der Waals surface area contributed by atoms with E-state index >= 15 is 0 Å². The monoisotopic (exact) mass is 329 g/mol. The molecular formula is C20H19N5. The molecule has 1 aliphatic carbocycles. The van der Waals surface area contributed by atoms with Crippen molar-refractivity contribution < 1.29 is 0 Å². The van der Waals surface area contributed by atoms with E-state index in [1.165, 1.54) is 5.56 Å². The van der Waals surface area contributed by atoms with E-state index in [0.29, 0.717) is 5.82 Å². The number of benzene rings is 1. The number of aryl methyl sites for hydroxylation is 2. The van der Waals surface area contributed by atoms with Gasteiger partial charge in [0.25, 0.3) is 5.54 Å². The summed E-state index contributed by atoms with van der Waals surface area (Å²) in [5.74, 6) is 0.606. The molecule has 1 fully saturated rings. The van der Waals surface area contributed by atoms with Gasteiger partial charge in [-0.05, 0) is 30.2 Å². The zero-order valence-corrected chi connectivity index (χ0v) is 14.3. The van der Waals surface area contributed by atoms with Crippen molar-refractivity contribution >= 4 is 5.82 Å². The third-order valence-electron chi connectivity index (χ3n) is 5.04. The lowest BCUT2D eigenvalue weighted by Gasteiger charge is -2.10. The van der Waals surface area contributed by atoms with Crippen LogP contribution in [0.25, 0.3) is 27.2 Å². The predicted molar refractivity (Wildman–Crippen MR) is 98.5 cm³/mol. The van der Waals surface area contributed by atoms with Gasteiger partial charge in [-0.25, -0.2) is 6.57 Å². The van der Waals surface area contributed by atoms with E-state index in [-0.39, 0.29) is 5.54 Å². The molecule has 5 nitrogen and oxygen atoms in total. The lowest BCUT2D eigenvalue weighted by Crippen LogP contribution is -2.00. The molecule has 1 saturated carbocycles. The van der Waals surface area contributed by atoms with Gasteiger partial charge in [0, 0.05) is 37.2 Å². The van der Waals surface area contributed by atoms with E-state index in [2.05, 4.69) is 46.1 Å². The lowest BCUT2D eigenvalue weighted by atomic mass is 9.96. The van der Waals surface area contributed by atoms with E-state index in [1.807, 2.05) is 19.3 Å². The molecule has 2 N–H and O–H groups in total. The standard InChI is InChI=1S/C20H19N5/c1-13-10-15(20(22-2)8-9-20)5-6-16(13)14-4-7-18(23-11-14)17-12-24-25(3)19(17)21/h4-7,10-12H,8-9,21H2,1,3H3. The number of nitrogens with two attached hydrogens (primary N) is 1. The molecule has 25 heavy (non-hydrogen) atoms. The minimum Gasteiger partial charge on any atom is -0.383 e. The second kappa shape index (κ2) is 5.45. The van der Waals surface area contributed by atoms with Crippen molar-refractivity contribution in [3.05, 3.63) is 65.3 Å². The molecule has 0 amide bonds. The molecule has 0 saturated heterocycles. The Balaban J connectivity index is 1.67. The van der Waals surface area contributed by atoms with E-state index in [0.717, 1.165) is 40.8 Å². The lowest BCUT2D eigenvalue weighted by molar-refractivity contribution is 0.779. The fraction of sp³-hybridized carbons (Fsp3) is 0.250. The Bertz CT molecular complexity index is 988. The van der Waals surface area contributed by atoms with Crippen molar-refractivity contribution in [2.45, 2.75) is 25.3 Å². The van der Waals surface area contributed by atoms with Gasteiger partial charge < -0.3 is 10.6 Å². The van der Waals surface area contributed by atoms with Crippen LogP contribution in [0.15, 0.2) is 42.7 Å². The third-order valence-corrected chi connectivity index (χ3v) is 5.04. The van der Waals surface area contributed by atoms with E-state index < -0.39 is 0 Å². The summed E-state index contributed by atoms with van der Waals surface area (Å²) in [5.41, 5.74) is 11.9. The normalized spacial score (nSPS) is 14.9. The van der Waals surface area contributed by atoms with E-state index in [4.69, 9.17) is 12.3 Å². The molecule has 2 heterocycles. The number of aromatic nitrogens is 3. The summed E-state index contributed by atoms with van der Waals surface area (Å²) < 4.78 is 1.64. The molecule has 1 aromatic carbocycles. The number of hydrogen-bond donors (Lipinski definition) is 1. The molecular weight excluding hydrogens is 310 g/mol. The van der Waals surface area contributed by atoms with Gasteiger partial charge in [0.05, 0.1) is 17.5 Å². The van der Waals surface area contributed by atoms with Gasteiger partial charge >= 0.3 is 0 Å². The van der Waals surface area contributed by atoms with Gasteiger partial charge in [0.15, 0.2) is 0 Å². The Labute approximate surface area is 146 Å². The van der Waals surface area contributed by atoms with Crippen molar-refractivity contribution in [3.63, 3.8) is 0 Å². The first-order valence-electron chi connectivity index (χ1n) is 8.28. The zero-order valence-electron chi connectivity index (χ0n) is 14.3. The van der Waals surface area contributed by atoms with Crippen LogP contribution in [0.4, 0.5) is 5.82 Å².